The van der Waals surface area contributed by atoms with Crippen molar-refractivity contribution in [2.45, 2.75) is 26.4 Å². The van der Waals surface area contributed by atoms with E-state index in [2.05, 4.69) is 10.3 Å². The Morgan fingerprint density at radius 1 is 1.38 bits per heavy atom. The van der Waals surface area contributed by atoms with Crippen LogP contribution in [-0.2, 0) is 9.53 Å². The van der Waals surface area contributed by atoms with Crippen LogP contribution in [0.4, 0.5) is 0 Å². The molecular weight excluding hydrogens is 288 g/mol. The summed E-state index contributed by atoms with van der Waals surface area (Å²) in [5.74, 6) is 0.555. The van der Waals surface area contributed by atoms with Crippen LogP contribution in [0.25, 0.3) is 10.2 Å². The molecule has 1 aromatic heterocycles. The third-order valence-corrected chi connectivity index (χ3v) is 3.33. The normalized spacial score (nSPS) is 11.6. The van der Waals surface area contributed by atoms with Gasteiger partial charge in [-0.2, -0.15) is 0 Å². The molecule has 0 unspecified atom stereocenters. The first-order chi connectivity index (χ1) is 9.94. The number of nitrogens with zero attached hydrogens (tertiary/aromatic N) is 1. The number of esters is 1. The lowest BCUT2D eigenvalue weighted by Gasteiger charge is -2.19. The van der Waals surface area contributed by atoms with Crippen LogP contribution in [0.3, 0.4) is 0 Å². The minimum atomic E-state index is -0.445. The van der Waals surface area contributed by atoms with Crippen LogP contribution >= 0.6 is 11.3 Å². The predicted molar refractivity (Wildman–Crippen MR) is 83.8 cm³/mol. The summed E-state index contributed by atoms with van der Waals surface area (Å²) >= 11 is 1.59. The monoisotopic (exact) mass is 308 g/mol. The lowest BCUT2D eigenvalue weighted by molar-refractivity contribution is -0.153. The Bertz CT molecular complexity index is 604. The fraction of sp³-hybridized carbons (Fsp3) is 0.467. The molecule has 1 heterocycles. The maximum absolute atomic E-state index is 11.5. The number of benzene rings is 1. The number of hydrogen-bond acceptors (Lipinski definition) is 6. The Hall–Kier alpha value is -1.66. The molecule has 0 spiro atoms. The van der Waals surface area contributed by atoms with Crippen LogP contribution in [0.5, 0.6) is 5.75 Å². The first-order valence-electron chi connectivity index (χ1n) is 6.83. The van der Waals surface area contributed by atoms with E-state index >= 15 is 0 Å². The van der Waals surface area contributed by atoms with Crippen LogP contribution in [0.1, 0.15) is 20.8 Å². The van der Waals surface area contributed by atoms with Crippen LogP contribution in [0, 0.1) is 0 Å². The molecule has 1 aromatic carbocycles. The molecule has 2 aromatic rings. The van der Waals surface area contributed by atoms with Crippen molar-refractivity contribution >= 4 is 27.5 Å². The predicted octanol–water partition coefficient (Wildman–Crippen LogP) is 2.61. The van der Waals surface area contributed by atoms with Crippen molar-refractivity contribution in [2.75, 3.05) is 19.7 Å². The highest BCUT2D eigenvalue weighted by Gasteiger charge is 2.15. The van der Waals surface area contributed by atoms with Gasteiger partial charge in [-0.25, -0.2) is 4.98 Å². The molecular formula is C15H20N2O3S. The molecule has 0 radical (unpaired) electrons. The Kier molecular flexibility index (Phi) is 5.14. The Balaban J connectivity index is 1.66. The van der Waals surface area contributed by atoms with Crippen molar-refractivity contribution in [3.05, 3.63) is 23.7 Å². The van der Waals surface area contributed by atoms with E-state index in [1.165, 1.54) is 0 Å². The highest BCUT2D eigenvalue weighted by Crippen LogP contribution is 2.23. The van der Waals surface area contributed by atoms with Crippen molar-refractivity contribution in [2.24, 2.45) is 0 Å². The molecule has 21 heavy (non-hydrogen) atoms. The molecule has 0 bridgehead atoms. The highest BCUT2D eigenvalue weighted by molar-refractivity contribution is 7.16. The van der Waals surface area contributed by atoms with E-state index in [1.54, 1.807) is 11.3 Å². The van der Waals surface area contributed by atoms with E-state index in [4.69, 9.17) is 9.47 Å². The van der Waals surface area contributed by atoms with Crippen LogP contribution in [0.15, 0.2) is 23.7 Å². The summed E-state index contributed by atoms with van der Waals surface area (Å²) in [7, 11) is 0. The Morgan fingerprint density at radius 2 is 2.19 bits per heavy atom. The van der Waals surface area contributed by atoms with Gasteiger partial charge in [-0.3, -0.25) is 4.79 Å². The molecule has 0 fully saturated rings. The third kappa shape index (κ3) is 5.32. The fourth-order valence-electron chi connectivity index (χ4n) is 1.73. The zero-order chi connectivity index (χ0) is 15.3. The van der Waals surface area contributed by atoms with E-state index in [9.17, 15) is 4.79 Å². The first-order valence-corrected chi connectivity index (χ1v) is 7.71. The van der Waals surface area contributed by atoms with E-state index in [1.807, 2.05) is 44.5 Å². The third-order valence-electron chi connectivity index (χ3n) is 2.54. The second kappa shape index (κ2) is 6.87. The van der Waals surface area contributed by atoms with Gasteiger partial charge in [0.1, 0.15) is 18.0 Å². The average molecular weight is 308 g/mol. The van der Waals surface area contributed by atoms with Crippen molar-refractivity contribution in [3.63, 3.8) is 0 Å². The topological polar surface area (TPSA) is 60.5 Å². The SMILES string of the molecule is CC(C)(C)OC(=O)CNCCOc1ccc2ncsc2c1. The van der Waals surface area contributed by atoms with Crippen LogP contribution in [0.2, 0.25) is 0 Å². The molecule has 0 aliphatic heterocycles. The van der Waals surface area contributed by atoms with Gasteiger partial charge in [0.2, 0.25) is 0 Å². The summed E-state index contributed by atoms with van der Waals surface area (Å²) in [6.45, 7) is 6.82. The van der Waals surface area contributed by atoms with Gasteiger partial charge in [0.15, 0.2) is 0 Å². The molecule has 0 saturated carbocycles. The highest BCUT2D eigenvalue weighted by atomic mass is 32.1. The van der Waals surface area contributed by atoms with Gasteiger partial charge >= 0.3 is 5.97 Å². The summed E-state index contributed by atoms with van der Waals surface area (Å²) in [6, 6.07) is 5.81. The zero-order valence-electron chi connectivity index (χ0n) is 12.5. The summed E-state index contributed by atoms with van der Waals surface area (Å²) in [5.41, 5.74) is 2.35. The van der Waals surface area contributed by atoms with Gasteiger partial charge in [-0.05, 0) is 39.0 Å². The van der Waals surface area contributed by atoms with Gasteiger partial charge in [0.05, 0.1) is 22.3 Å². The van der Waals surface area contributed by atoms with Gasteiger partial charge in [0, 0.05) is 6.54 Å². The number of carbonyl (C=O) groups excluding carboxylic acids is 1. The number of thiazole rings is 1. The van der Waals surface area contributed by atoms with Crippen molar-refractivity contribution in [1.82, 2.24) is 10.3 Å². The molecule has 0 aliphatic carbocycles. The fourth-order valence-corrected chi connectivity index (χ4v) is 2.44. The molecule has 1 N–H and O–H groups in total. The second-order valence-electron chi connectivity index (χ2n) is 5.59. The molecule has 114 valence electrons. The molecule has 2 rings (SSSR count). The van der Waals surface area contributed by atoms with Crippen molar-refractivity contribution in [3.8, 4) is 5.75 Å². The number of rotatable bonds is 6. The Labute approximate surface area is 128 Å². The Morgan fingerprint density at radius 3 is 2.95 bits per heavy atom. The summed E-state index contributed by atoms with van der Waals surface area (Å²) in [5, 5.41) is 3.00. The van der Waals surface area contributed by atoms with Gasteiger partial charge < -0.3 is 14.8 Å². The number of aromatic nitrogens is 1. The number of ether oxygens (including phenoxy) is 2. The minimum Gasteiger partial charge on any atom is -0.492 e. The first kappa shape index (κ1) is 15.7. The number of hydrogen-bond donors (Lipinski definition) is 1. The van der Waals surface area contributed by atoms with Crippen LogP contribution < -0.4 is 10.1 Å². The van der Waals surface area contributed by atoms with Gasteiger partial charge in [0.25, 0.3) is 0 Å². The van der Waals surface area contributed by atoms with E-state index in [0.717, 1.165) is 16.0 Å². The van der Waals surface area contributed by atoms with E-state index in [-0.39, 0.29) is 12.5 Å². The molecule has 6 heteroatoms. The number of nitrogens with one attached hydrogen (secondary N) is 1. The van der Waals surface area contributed by atoms with Crippen LogP contribution in [-0.4, -0.2) is 36.3 Å². The van der Waals surface area contributed by atoms with E-state index < -0.39 is 5.60 Å². The number of fused-ring (bicyclic) bond motifs is 1. The summed E-state index contributed by atoms with van der Waals surface area (Å²) < 4.78 is 11.9. The quantitative estimate of drug-likeness (QED) is 0.656. The lowest BCUT2D eigenvalue weighted by atomic mass is 10.2. The molecule has 0 atom stereocenters. The molecule has 0 aliphatic rings. The lowest BCUT2D eigenvalue weighted by Crippen LogP contribution is -2.33. The van der Waals surface area contributed by atoms with E-state index in [0.29, 0.717) is 13.2 Å². The maximum Gasteiger partial charge on any atom is 0.320 e. The molecule has 0 saturated heterocycles. The molecule has 5 nitrogen and oxygen atoms in total. The standard InChI is InChI=1S/C15H20N2O3S/c1-15(2,3)20-14(18)9-16-6-7-19-11-4-5-12-13(8-11)21-10-17-12/h4-5,8,10,16H,6-7,9H2,1-3H3. The smallest absolute Gasteiger partial charge is 0.320 e. The van der Waals surface area contributed by atoms with Gasteiger partial charge in [-0.15, -0.1) is 11.3 Å². The zero-order valence-corrected chi connectivity index (χ0v) is 13.3. The van der Waals surface area contributed by atoms with Crippen molar-refractivity contribution in [1.29, 1.82) is 0 Å². The number of carbonyl (C=O) groups is 1. The summed E-state index contributed by atoms with van der Waals surface area (Å²) in [6.07, 6.45) is 0. The molecule has 0 amide bonds. The van der Waals surface area contributed by atoms with Crippen molar-refractivity contribution < 1.29 is 14.3 Å². The largest absolute Gasteiger partial charge is 0.492 e. The summed E-state index contributed by atoms with van der Waals surface area (Å²) in [4.78, 5) is 15.7. The minimum absolute atomic E-state index is 0.189. The maximum atomic E-state index is 11.5. The second-order valence-corrected chi connectivity index (χ2v) is 6.48. The van der Waals surface area contributed by atoms with Gasteiger partial charge in [-0.1, -0.05) is 0 Å². The average Bonchev–Trinajstić information content (AvgIpc) is 2.83.